The van der Waals surface area contributed by atoms with Crippen LogP contribution in [0.4, 0.5) is 5.82 Å². The van der Waals surface area contributed by atoms with Crippen LogP contribution < -0.4 is 5.73 Å². The van der Waals surface area contributed by atoms with Crippen molar-refractivity contribution in [3.05, 3.63) is 42.2 Å². The molecule has 0 aliphatic heterocycles. The number of benzene rings is 1. The number of nitrogens with two attached hydrogens (primary N) is 1. The average molecular weight is 344 g/mol. The summed E-state index contributed by atoms with van der Waals surface area (Å²) in [5.41, 5.74) is 8.11. The fourth-order valence-corrected chi connectivity index (χ4v) is 4.05. The summed E-state index contributed by atoms with van der Waals surface area (Å²) in [6, 6.07) is 9.27. The molecular formula is C17H20N4O2S. The molecule has 7 heteroatoms. The Kier molecular flexibility index (Phi) is 4.53. The number of H-pyrrole nitrogens is 1. The maximum Gasteiger partial charge on any atom is 0.161 e. The van der Waals surface area contributed by atoms with Crippen LogP contribution in [0, 0.1) is 0 Å². The number of aromatic nitrogens is 3. The minimum absolute atomic E-state index is 0.112. The summed E-state index contributed by atoms with van der Waals surface area (Å²) in [5.74, 6) is 0.769. The van der Waals surface area contributed by atoms with Gasteiger partial charge in [-0.05, 0) is 30.7 Å². The minimum Gasteiger partial charge on any atom is -0.384 e. The smallest absolute Gasteiger partial charge is 0.161 e. The van der Waals surface area contributed by atoms with Gasteiger partial charge in [0.25, 0.3) is 0 Å². The second kappa shape index (κ2) is 6.60. The number of hydrogen-bond acceptors (Lipinski definition) is 5. The van der Waals surface area contributed by atoms with Crippen LogP contribution in [0.5, 0.6) is 0 Å². The Morgan fingerprint density at radius 3 is 2.79 bits per heavy atom. The van der Waals surface area contributed by atoms with Crippen LogP contribution in [0.25, 0.3) is 22.3 Å². The number of fused-ring (bicyclic) bond motifs is 1. The number of aromatic amines is 1. The molecule has 6 nitrogen and oxygen atoms in total. The number of nitrogens with one attached hydrogen (secondary N) is 1. The Morgan fingerprint density at radius 2 is 2.00 bits per heavy atom. The highest BCUT2D eigenvalue weighted by Crippen LogP contribution is 2.23. The SMILES string of the molecule is CCCCS(=O)(=O)Cc1cc(N)nc(-c2ccc3[nH]ccc3c2)n1. The minimum atomic E-state index is -3.19. The highest BCUT2D eigenvalue weighted by Gasteiger charge is 2.15. The van der Waals surface area contributed by atoms with E-state index in [9.17, 15) is 8.42 Å². The van der Waals surface area contributed by atoms with E-state index in [0.29, 0.717) is 17.9 Å². The summed E-state index contributed by atoms with van der Waals surface area (Å²) in [6.07, 6.45) is 3.35. The monoisotopic (exact) mass is 344 g/mol. The second-order valence-electron chi connectivity index (χ2n) is 5.83. The molecule has 24 heavy (non-hydrogen) atoms. The topological polar surface area (TPSA) is 102 Å². The van der Waals surface area contributed by atoms with E-state index in [-0.39, 0.29) is 17.3 Å². The summed E-state index contributed by atoms with van der Waals surface area (Å²) >= 11 is 0. The predicted molar refractivity (Wildman–Crippen MR) is 96.1 cm³/mol. The molecule has 3 N–H and O–H groups in total. The van der Waals surface area contributed by atoms with Crippen LogP contribution in [-0.4, -0.2) is 29.1 Å². The number of unbranched alkanes of at least 4 members (excludes halogenated alkanes) is 1. The number of sulfone groups is 1. The molecule has 2 heterocycles. The molecule has 0 fully saturated rings. The van der Waals surface area contributed by atoms with E-state index in [1.807, 2.05) is 37.4 Å². The standard InChI is InChI=1S/C17H20N4O2S/c1-2-3-8-24(22,23)11-14-10-16(18)21-17(20-14)13-4-5-15-12(9-13)6-7-19-15/h4-7,9-10,19H,2-3,8,11H2,1H3,(H2,18,20,21). The van der Waals surface area contributed by atoms with Gasteiger partial charge in [-0.15, -0.1) is 0 Å². The van der Waals surface area contributed by atoms with E-state index in [0.717, 1.165) is 22.9 Å². The molecule has 0 aliphatic rings. The number of nitrogen functional groups attached to an aromatic ring is 1. The Morgan fingerprint density at radius 1 is 1.17 bits per heavy atom. The lowest BCUT2D eigenvalue weighted by atomic mass is 10.1. The third kappa shape index (κ3) is 3.73. The van der Waals surface area contributed by atoms with Gasteiger partial charge in [-0.1, -0.05) is 13.3 Å². The van der Waals surface area contributed by atoms with Gasteiger partial charge in [-0.3, -0.25) is 0 Å². The van der Waals surface area contributed by atoms with Crippen LogP contribution >= 0.6 is 0 Å². The van der Waals surface area contributed by atoms with E-state index in [1.54, 1.807) is 0 Å². The van der Waals surface area contributed by atoms with Crippen molar-refractivity contribution in [2.75, 3.05) is 11.5 Å². The maximum absolute atomic E-state index is 12.2. The fourth-order valence-electron chi connectivity index (χ4n) is 2.58. The van der Waals surface area contributed by atoms with Gasteiger partial charge in [0, 0.05) is 28.7 Å². The molecule has 1 aromatic carbocycles. The zero-order valence-corrected chi connectivity index (χ0v) is 14.3. The molecule has 0 atom stereocenters. The highest BCUT2D eigenvalue weighted by atomic mass is 32.2. The van der Waals surface area contributed by atoms with Crippen molar-refractivity contribution >= 4 is 26.6 Å². The normalized spacial score (nSPS) is 11.9. The lowest BCUT2D eigenvalue weighted by Crippen LogP contribution is -2.11. The van der Waals surface area contributed by atoms with Crippen molar-refractivity contribution in [2.24, 2.45) is 0 Å². The Bertz CT molecular complexity index is 964. The summed E-state index contributed by atoms with van der Waals surface area (Å²) < 4.78 is 24.3. The van der Waals surface area contributed by atoms with Gasteiger partial charge < -0.3 is 10.7 Å². The summed E-state index contributed by atoms with van der Waals surface area (Å²) in [4.78, 5) is 11.8. The number of anilines is 1. The average Bonchev–Trinajstić information content (AvgIpc) is 2.99. The first-order valence-corrected chi connectivity index (χ1v) is 9.70. The quantitative estimate of drug-likeness (QED) is 0.716. The Balaban J connectivity index is 1.93. The van der Waals surface area contributed by atoms with Gasteiger partial charge in [0.05, 0.1) is 17.2 Å². The van der Waals surface area contributed by atoms with Gasteiger partial charge in [0.1, 0.15) is 5.82 Å². The molecule has 3 aromatic rings. The molecule has 0 spiro atoms. The van der Waals surface area contributed by atoms with E-state index < -0.39 is 9.84 Å². The molecule has 0 saturated heterocycles. The van der Waals surface area contributed by atoms with Crippen molar-refractivity contribution in [2.45, 2.75) is 25.5 Å². The molecule has 0 amide bonds. The molecule has 0 aliphatic carbocycles. The first kappa shape index (κ1) is 16.4. The largest absolute Gasteiger partial charge is 0.384 e. The van der Waals surface area contributed by atoms with Gasteiger partial charge in [-0.25, -0.2) is 18.4 Å². The fraction of sp³-hybridized carbons (Fsp3) is 0.294. The zero-order valence-electron chi connectivity index (χ0n) is 13.5. The first-order valence-electron chi connectivity index (χ1n) is 7.88. The van der Waals surface area contributed by atoms with E-state index in [1.165, 1.54) is 6.07 Å². The third-order valence-corrected chi connectivity index (χ3v) is 5.43. The molecule has 0 radical (unpaired) electrons. The third-order valence-electron chi connectivity index (χ3n) is 3.79. The maximum atomic E-state index is 12.2. The van der Waals surface area contributed by atoms with Crippen molar-refractivity contribution in [1.29, 1.82) is 0 Å². The van der Waals surface area contributed by atoms with Crippen molar-refractivity contribution < 1.29 is 8.42 Å². The lowest BCUT2D eigenvalue weighted by molar-refractivity contribution is 0.591. The predicted octanol–water partition coefficient (Wildman–Crippen LogP) is 2.92. The lowest BCUT2D eigenvalue weighted by Gasteiger charge is -2.07. The summed E-state index contributed by atoms with van der Waals surface area (Å²) in [7, 11) is -3.19. The van der Waals surface area contributed by atoms with Crippen molar-refractivity contribution in [3.63, 3.8) is 0 Å². The van der Waals surface area contributed by atoms with Crippen molar-refractivity contribution in [3.8, 4) is 11.4 Å². The Labute approximate surface area is 141 Å². The van der Waals surface area contributed by atoms with Crippen LogP contribution in [0.2, 0.25) is 0 Å². The van der Waals surface area contributed by atoms with Gasteiger partial charge >= 0.3 is 0 Å². The van der Waals surface area contributed by atoms with Crippen LogP contribution in [0.15, 0.2) is 36.5 Å². The molecule has 3 rings (SSSR count). The van der Waals surface area contributed by atoms with E-state index >= 15 is 0 Å². The number of hydrogen-bond donors (Lipinski definition) is 2. The van der Waals surface area contributed by atoms with E-state index in [2.05, 4.69) is 15.0 Å². The van der Waals surface area contributed by atoms with Crippen molar-refractivity contribution in [1.82, 2.24) is 15.0 Å². The van der Waals surface area contributed by atoms with E-state index in [4.69, 9.17) is 5.73 Å². The van der Waals surface area contributed by atoms with Gasteiger partial charge in [-0.2, -0.15) is 0 Å². The highest BCUT2D eigenvalue weighted by molar-refractivity contribution is 7.90. The summed E-state index contributed by atoms with van der Waals surface area (Å²) in [6.45, 7) is 1.97. The molecule has 0 bridgehead atoms. The second-order valence-corrected chi connectivity index (χ2v) is 8.02. The first-order chi connectivity index (χ1) is 11.5. The molecular weight excluding hydrogens is 324 g/mol. The molecule has 0 saturated carbocycles. The molecule has 0 unspecified atom stereocenters. The molecule has 126 valence electrons. The van der Waals surface area contributed by atoms with Crippen LogP contribution in [-0.2, 0) is 15.6 Å². The van der Waals surface area contributed by atoms with Crippen LogP contribution in [0.1, 0.15) is 25.5 Å². The van der Waals surface area contributed by atoms with Crippen LogP contribution in [0.3, 0.4) is 0 Å². The number of rotatable bonds is 6. The molecule has 2 aromatic heterocycles. The van der Waals surface area contributed by atoms with Gasteiger partial charge in [0.15, 0.2) is 15.7 Å². The zero-order chi connectivity index (χ0) is 17.2. The van der Waals surface area contributed by atoms with Gasteiger partial charge in [0.2, 0.25) is 0 Å². The number of nitrogens with zero attached hydrogens (tertiary/aromatic N) is 2. The summed E-state index contributed by atoms with van der Waals surface area (Å²) in [5, 5.41) is 1.04. The Hall–Kier alpha value is -2.41.